The van der Waals surface area contributed by atoms with Crippen LogP contribution in [0.5, 0.6) is 5.75 Å². The summed E-state index contributed by atoms with van der Waals surface area (Å²) in [5.74, 6) is -0.330. The van der Waals surface area contributed by atoms with Crippen LogP contribution in [0.25, 0.3) is 0 Å². The summed E-state index contributed by atoms with van der Waals surface area (Å²) in [6.07, 6.45) is 1.60. The van der Waals surface area contributed by atoms with Gasteiger partial charge in [0.15, 0.2) is 5.78 Å². The van der Waals surface area contributed by atoms with Gasteiger partial charge in [-0.25, -0.2) is 4.39 Å². The van der Waals surface area contributed by atoms with Gasteiger partial charge in [-0.3, -0.25) is 9.78 Å². The van der Waals surface area contributed by atoms with Crippen molar-refractivity contribution in [3.05, 3.63) is 59.2 Å². The van der Waals surface area contributed by atoms with E-state index >= 15 is 0 Å². The third-order valence-corrected chi connectivity index (χ3v) is 2.69. The molecule has 0 unspecified atom stereocenters. The van der Waals surface area contributed by atoms with Crippen molar-refractivity contribution in [1.82, 2.24) is 4.98 Å². The third-order valence-electron chi connectivity index (χ3n) is 2.69. The van der Waals surface area contributed by atoms with Crippen LogP contribution in [0.3, 0.4) is 0 Å². The lowest BCUT2D eigenvalue weighted by Crippen LogP contribution is -2.04. The van der Waals surface area contributed by atoms with Crippen LogP contribution in [0.15, 0.2) is 36.5 Å². The Hall–Kier alpha value is -2.23. The van der Waals surface area contributed by atoms with Gasteiger partial charge in [0, 0.05) is 17.8 Å². The Kier molecular flexibility index (Phi) is 2.14. The molecule has 2 aromatic rings. The number of benzene rings is 1. The molecule has 0 spiro atoms. The molecule has 0 saturated carbocycles. The quantitative estimate of drug-likeness (QED) is 0.696. The molecular formula is C13H8FNO2. The van der Waals surface area contributed by atoms with E-state index in [4.69, 9.17) is 4.74 Å². The fourth-order valence-electron chi connectivity index (χ4n) is 1.85. The lowest BCUT2D eigenvalue weighted by atomic mass is 10.0. The Labute approximate surface area is 96.9 Å². The number of rotatable bonds is 0. The molecule has 0 radical (unpaired) electrons. The third kappa shape index (κ3) is 1.58. The van der Waals surface area contributed by atoms with Crippen molar-refractivity contribution in [2.45, 2.75) is 6.61 Å². The number of halogens is 1. The van der Waals surface area contributed by atoms with Crippen LogP contribution >= 0.6 is 0 Å². The number of aromatic nitrogens is 1. The number of carbonyl (C=O) groups is 1. The van der Waals surface area contributed by atoms with Crippen LogP contribution in [0, 0.1) is 5.82 Å². The van der Waals surface area contributed by atoms with E-state index in [-0.39, 0.29) is 18.1 Å². The molecule has 0 saturated heterocycles. The molecule has 3 rings (SSSR count). The highest BCUT2D eigenvalue weighted by Crippen LogP contribution is 2.27. The van der Waals surface area contributed by atoms with Crippen molar-refractivity contribution in [1.29, 1.82) is 0 Å². The van der Waals surface area contributed by atoms with Crippen molar-refractivity contribution in [3.8, 4) is 5.75 Å². The summed E-state index contributed by atoms with van der Waals surface area (Å²) >= 11 is 0. The predicted octanol–water partition coefficient (Wildman–Crippen LogP) is 2.34. The Bertz CT molecular complexity index is 610. The summed E-state index contributed by atoms with van der Waals surface area (Å²) in [6, 6.07) is 7.31. The summed E-state index contributed by atoms with van der Waals surface area (Å²) in [4.78, 5) is 16.3. The minimum absolute atomic E-state index is 0.179. The number of hydrogen-bond acceptors (Lipinski definition) is 3. The molecule has 1 aliphatic heterocycles. The highest BCUT2D eigenvalue weighted by molar-refractivity contribution is 6.11. The fraction of sp³-hybridized carbons (Fsp3) is 0.0769. The Morgan fingerprint density at radius 2 is 2.12 bits per heavy atom. The first kappa shape index (κ1) is 9.96. The molecule has 0 amide bonds. The molecule has 0 fully saturated rings. The first-order valence-electron chi connectivity index (χ1n) is 5.16. The van der Waals surface area contributed by atoms with Crippen molar-refractivity contribution >= 4 is 5.78 Å². The highest BCUT2D eigenvalue weighted by atomic mass is 19.1. The van der Waals surface area contributed by atoms with Crippen LogP contribution in [0.1, 0.15) is 21.6 Å². The monoisotopic (exact) mass is 229 g/mol. The zero-order valence-electron chi connectivity index (χ0n) is 8.81. The van der Waals surface area contributed by atoms with E-state index in [1.807, 2.05) is 0 Å². The molecule has 1 aromatic carbocycles. The van der Waals surface area contributed by atoms with Crippen LogP contribution < -0.4 is 4.74 Å². The van der Waals surface area contributed by atoms with Gasteiger partial charge in [0.05, 0.1) is 11.3 Å². The summed E-state index contributed by atoms with van der Waals surface area (Å²) < 4.78 is 18.5. The number of hydrogen-bond donors (Lipinski definition) is 0. The molecular weight excluding hydrogens is 221 g/mol. The van der Waals surface area contributed by atoms with E-state index in [0.717, 1.165) is 0 Å². The molecule has 0 N–H and O–H groups in total. The van der Waals surface area contributed by atoms with Crippen LogP contribution in [-0.4, -0.2) is 10.8 Å². The molecule has 1 aliphatic rings. The first-order valence-corrected chi connectivity index (χ1v) is 5.16. The van der Waals surface area contributed by atoms with Gasteiger partial charge >= 0.3 is 0 Å². The van der Waals surface area contributed by atoms with Gasteiger partial charge in [-0.05, 0) is 24.3 Å². The average Bonchev–Trinajstić information content (AvgIpc) is 2.48. The maximum absolute atomic E-state index is 13.1. The molecule has 3 nitrogen and oxygen atoms in total. The molecule has 1 aromatic heterocycles. The smallest absolute Gasteiger partial charge is 0.198 e. The first-order chi connectivity index (χ1) is 8.25. The maximum Gasteiger partial charge on any atom is 0.198 e. The molecule has 84 valence electrons. The lowest BCUT2D eigenvalue weighted by molar-refractivity contribution is 0.103. The van der Waals surface area contributed by atoms with Crippen molar-refractivity contribution in [2.24, 2.45) is 0 Å². The number of fused-ring (bicyclic) bond motifs is 2. The second-order valence-corrected chi connectivity index (χ2v) is 3.76. The van der Waals surface area contributed by atoms with E-state index in [2.05, 4.69) is 4.98 Å². The molecule has 0 atom stereocenters. The van der Waals surface area contributed by atoms with Gasteiger partial charge < -0.3 is 4.74 Å². The van der Waals surface area contributed by atoms with Gasteiger partial charge in [-0.1, -0.05) is 0 Å². The molecule has 0 aliphatic carbocycles. The largest absolute Gasteiger partial charge is 0.486 e. The number of pyridine rings is 1. The summed E-state index contributed by atoms with van der Waals surface area (Å²) in [5, 5.41) is 0. The number of ether oxygens (including phenoxy) is 1. The Balaban J connectivity index is 2.20. The summed E-state index contributed by atoms with van der Waals surface area (Å²) in [7, 11) is 0. The van der Waals surface area contributed by atoms with Gasteiger partial charge in [-0.15, -0.1) is 0 Å². The van der Waals surface area contributed by atoms with Crippen LogP contribution in [0.4, 0.5) is 4.39 Å². The fourth-order valence-corrected chi connectivity index (χ4v) is 1.85. The number of ketones is 1. The van der Waals surface area contributed by atoms with Crippen molar-refractivity contribution in [2.75, 3.05) is 0 Å². The Morgan fingerprint density at radius 3 is 3.00 bits per heavy atom. The summed E-state index contributed by atoms with van der Waals surface area (Å²) in [6.45, 7) is 0.179. The topological polar surface area (TPSA) is 39.2 Å². The van der Waals surface area contributed by atoms with Crippen LogP contribution in [-0.2, 0) is 6.61 Å². The second kappa shape index (κ2) is 3.66. The minimum atomic E-state index is -0.421. The van der Waals surface area contributed by atoms with Crippen LogP contribution in [0.2, 0.25) is 0 Å². The summed E-state index contributed by atoms with van der Waals surface area (Å²) in [5.41, 5.74) is 1.46. The SMILES string of the molecule is O=C1c2ccc(F)cc2OCc2ncccc21. The van der Waals surface area contributed by atoms with E-state index in [1.54, 1.807) is 18.3 Å². The lowest BCUT2D eigenvalue weighted by Gasteiger charge is -2.04. The molecule has 2 heterocycles. The zero-order valence-corrected chi connectivity index (χ0v) is 8.81. The molecule has 17 heavy (non-hydrogen) atoms. The normalized spacial score (nSPS) is 13.4. The van der Waals surface area contributed by atoms with E-state index in [9.17, 15) is 9.18 Å². The van der Waals surface area contributed by atoms with Gasteiger partial charge in [0.2, 0.25) is 0 Å². The second-order valence-electron chi connectivity index (χ2n) is 3.76. The van der Waals surface area contributed by atoms with E-state index in [0.29, 0.717) is 16.8 Å². The highest BCUT2D eigenvalue weighted by Gasteiger charge is 2.22. The van der Waals surface area contributed by atoms with Crippen molar-refractivity contribution in [3.63, 3.8) is 0 Å². The Morgan fingerprint density at radius 1 is 1.24 bits per heavy atom. The van der Waals surface area contributed by atoms with Gasteiger partial charge in [0.25, 0.3) is 0 Å². The van der Waals surface area contributed by atoms with Gasteiger partial charge in [-0.2, -0.15) is 0 Å². The van der Waals surface area contributed by atoms with E-state index in [1.165, 1.54) is 18.2 Å². The average molecular weight is 229 g/mol. The number of nitrogens with zero attached hydrogens (tertiary/aromatic N) is 1. The van der Waals surface area contributed by atoms with Crippen molar-refractivity contribution < 1.29 is 13.9 Å². The maximum atomic E-state index is 13.1. The van der Waals surface area contributed by atoms with Gasteiger partial charge in [0.1, 0.15) is 18.2 Å². The minimum Gasteiger partial charge on any atom is -0.486 e. The number of carbonyl (C=O) groups excluding carboxylic acids is 1. The molecule has 0 bridgehead atoms. The zero-order chi connectivity index (χ0) is 11.8. The standard InChI is InChI=1S/C13H8FNO2/c14-8-3-4-10-12(6-8)17-7-11-9(13(10)16)2-1-5-15-11/h1-6H,7H2. The molecule has 4 heteroatoms. The van der Waals surface area contributed by atoms with E-state index < -0.39 is 5.82 Å². The predicted molar refractivity (Wildman–Crippen MR) is 58.4 cm³/mol.